The minimum Gasteiger partial charge on any atom is -0.507 e. The lowest BCUT2D eigenvalue weighted by molar-refractivity contribution is 0.477. The molecule has 0 saturated heterocycles. The molecule has 13 heavy (non-hydrogen) atoms. The molecule has 1 aromatic carbocycles. The van der Waals surface area contributed by atoms with Crippen LogP contribution in [-0.2, 0) is 0 Å². The van der Waals surface area contributed by atoms with E-state index >= 15 is 0 Å². The van der Waals surface area contributed by atoms with Gasteiger partial charge in [-0.1, -0.05) is 24.3 Å². The fourth-order valence-corrected chi connectivity index (χ4v) is 1.18. The first-order valence-electron chi connectivity index (χ1n) is 3.99. The van der Waals surface area contributed by atoms with Crippen molar-refractivity contribution >= 4 is 0 Å². The summed E-state index contributed by atoms with van der Waals surface area (Å²) in [4.78, 5) is 3.87. The second-order valence-corrected chi connectivity index (χ2v) is 2.68. The van der Waals surface area contributed by atoms with Crippen LogP contribution in [0.1, 0.15) is 0 Å². The van der Waals surface area contributed by atoms with Gasteiger partial charge in [0, 0.05) is 17.3 Å². The smallest absolute Gasteiger partial charge is 0.123 e. The van der Waals surface area contributed by atoms with Crippen molar-refractivity contribution in [2.24, 2.45) is 0 Å². The lowest BCUT2D eigenvalue weighted by atomic mass is 10.1. The number of rotatable bonds is 1. The first-order chi connectivity index (χ1) is 6.38. The van der Waals surface area contributed by atoms with Crippen LogP contribution in [0.2, 0.25) is 0 Å². The van der Waals surface area contributed by atoms with Gasteiger partial charge in [-0.05, 0) is 12.1 Å². The average molecular weight is 170 g/mol. The molecule has 1 radical (unpaired) electrons. The molecule has 1 aromatic heterocycles. The second-order valence-electron chi connectivity index (χ2n) is 2.68. The monoisotopic (exact) mass is 170 g/mol. The Morgan fingerprint density at radius 3 is 2.62 bits per heavy atom. The Hall–Kier alpha value is -1.83. The van der Waals surface area contributed by atoms with E-state index in [0.29, 0.717) is 0 Å². The zero-order valence-electron chi connectivity index (χ0n) is 6.94. The highest BCUT2D eigenvalue weighted by molar-refractivity contribution is 5.68. The van der Waals surface area contributed by atoms with Gasteiger partial charge in [0.15, 0.2) is 0 Å². The zero-order chi connectivity index (χ0) is 9.10. The summed E-state index contributed by atoms with van der Waals surface area (Å²) < 4.78 is 0. The molecule has 0 aliphatic heterocycles. The first kappa shape index (κ1) is 7.80. The van der Waals surface area contributed by atoms with Crippen molar-refractivity contribution in [3.63, 3.8) is 0 Å². The molecule has 1 N–H and O–H groups in total. The molecule has 0 atom stereocenters. The van der Waals surface area contributed by atoms with E-state index in [1.54, 1.807) is 18.3 Å². The lowest BCUT2D eigenvalue weighted by Gasteiger charge is -2.01. The molecular weight excluding hydrogens is 162 g/mol. The SMILES string of the molecule is Oc1ccccc1-c1[c]nccc1. The maximum Gasteiger partial charge on any atom is 0.123 e. The van der Waals surface area contributed by atoms with Crippen molar-refractivity contribution in [1.82, 2.24) is 4.98 Å². The standard InChI is InChI=1S/C11H8NO/c13-11-6-2-1-5-10(11)9-4-3-7-12-8-9/h1-7,13H. The molecule has 2 aromatic rings. The van der Waals surface area contributed by atoms with Crippen molar-refractivity contribution in [3.05, 3.63) is 48.8 Å². The van der Waals surface area contributed by atoms with E-state index in [1.165, 1.54) is 0 Å². The van der Waals surface area contributed by atoms with E-state index in [4.69, 9.17) is 0 Å². The van der Waals surface area contributed by atoms with E-state index in [1.807, 2.05) is 24.3 Å². The molecule has 2 heteroatoms. The lowest BCUT2D eigenvalue weighted by Crippen LogP contribution is -1.79. The Balaban J connectivity index is 2.54. The van der Waals surface area contributed by atoms with E-state index < -0.39 is 0 Å². The van der Waals surface area contributed by atoms with Gasteiger partial charge in [0.05, 0.1) is 6.20 Å². The van der Waals surface area contributed by atoms with Gasteiger partial charge < -0.3 is 5.11 Å². The number of nitrogens with zero attached hydrogens (tertiary/aromatic N) is 1. The largest absolute Gasteiger partial charge is 0.507 e. The summed E-state index contributed by atoms with van der Waals surface area (Å²) in [5.41, 5.74) is 1.57. The Morgan fingerprint density at radius 2 is 1.92 bits per heavy atom. The van der Waals surface area contributed by atoms with E-state index in [9.17, 15) is 5.11 Å². The Bertz CT molecular complexity index is 398. The molecule has 0 fully saturated rings. The van der Waals surface area contributed by atoms with Gasteiger partial charge >= 0.3 is 0 Å². The van der Waals surface area contributed by atoms with E-state index in [-0.39, 0.29) is 5.75 Å². The number of phenolic OH excluding ortho intramolecular Hbond substituents is 1. The predicted molar refractivity (Wildman–Crippen MR) is 50.2 cm³/mol. The van der Waals surface area contributed by atoms with Crippen LogP contribution >= 0.6 is 0 Å². The molecule has 1 heterocycles. The van der Waals surface area contributed by atoms with Gasteiger partial charge in [-0.15, -0.1) is 0 Å². The van der Waals surface area contributed by atoms with Gasteiger partial charge in [0.1, 0.15) is 5.75 Å². The van der Waals surface area contributed by atoms with E-state index in [0.717, 1.165) is 11.1 Å². The summed E-state index contributed by atoms with van der Waals surface area (Å²) in [6.45, 7) is 0. The molecule has 0 amide bonds. The van der Waals surface area contributed by atoms with Gasteiger partial charge in [0.25, 0.3) is 0 Å². The van der Waals surface area contributed by atoms with Crippen LogP contribution in [-0.4, -0.2) is 10.1 Å². The van der Waals surface area contributed by atoms with Crippen molar-refractivity contribution in [1.29, 1.82) is 0 Å². The van der Waals surface area contributed by atoms with Gasteiger partial charge in [-0.3, -0.25) is 4.98 Å². The summed E-state index contributed by atoms with van der Waals surface area (Å²) in [6, 6.07) is 10.8. The highest BCUT2D eigenvalue weighted by atomic mass is 16.3. The highest BCUT2D eigenvalue weighted by Crippen LogP contribution is 2.26. The third kappa shape index (κ3) is 1.51. The molecule has 0 bridgehead atoms. The highest BCUT2D eigenvalue weighted by Gasteiger charge is 2.01. The molecule has 0 unspecified atom stereocenters. The molecule has 0 aliphatic carbocycles. The summed E-state index contributed by atoms with van der Waals surface area (Å²) in [6.07, 6.45) is 4.47. The van der Waals surface area contributed by atoms with Gasteiger partial charge in [0.2, 0.25) is 0 Å². The average Bonchev–Trinajstić information content (AvgIpc) is 2.20. The summed E-state index contributed by atoms with van der Waals surface area (Å²) >= 11 is 0. The number of pyridine rings is 1. The number of phenols is 1. The van der Waals surface area contributed by atoms with Crippen LogP contribution in [0.4, 0.5) is 0 Å². The Kier molecular flexibility index (Phi) is 1.96. The van der Waals surface area contributed by atoms with Crippen LogP contribution < -0.4 is 0 Å². The molecular formula is C11H8NO. The van der Waals surface area contributed by atoms with E-state index in [2.05, 4.69) is 11.2 Å². The fraction of sp³-hybridized carbons (Fsp3) is 0. The van der Waals surface area contributed by atoms with Crippen molar-refractivity contribution in [2.45, 2.75) is 0 Å². The summed E-state index contributed by atoms with van der Waals surface area (Å²) in [5.74, 6) is 0.256. The second kappa shape index (κ2) is 3.27. The topological polar surface area (TPSA) is 33.1 Å². The number of hydrogen-bond donors (Lipinski definition) is 1. The fourth-order valence-electron chi connectivity index (χ4n) is 1.18. The minimum atomic E-state index is 0.256. The van der Waals surface area contributed by atoms with Crippen LogP contribution in [0.5, 0.6) is 5.75 Å². The van der Waals surface area contributed by atoms with Crippen LogP contribution in [0, 0.1) is 6.20 Å². The quantitative estimate of drug-likeness (QED) is 0.712. The third-order valence-electron chi connectivity index (χ3n) is 1.80. The Labute approximate surface area is 76.5 Å². The van der Waals surface area contributed by atoms with Crippen LogP contribution in [0.15, 0.2) is 42.6 Å². The number of benzene rings is 1. The summed E-state index contributed by atoms with van der Waals surface area (Å²) in [7, 11) is 0. The maximum atomic E-state index is 9.52. The van der Waals surface area contributed by atoms with Gasteiger partial charge in [-0.25, -0.2) is 0 Å². The Morgan fingerprint density at radius 1 is 1.08 bits per heavy atom. The molecule has 0 aliphatic rings. The number of aromatic nitrogens is 1. The van der Waals surface area contributed by atoms with Gasteiger partial charge in [-0.2, -0.15) is 0 Å². The third-order valence-corrected chi connectivity index (χ3v) is 1.80. The maximum absolute atomic E-state index is 9.52. The summed E-state index contributed by atoms with van der Waals surface area (Å²) in [5, 5.41) is 9.52. The predicted octanol–water partition coefficient (Wildman–Crippen LogP) is 2.25. The molecule has 2 rings (SSSR count). The van der Waals surface area contributed by atoms with Crippen molar-refractivity contribution in [2.75, 3.05) is 0 Å². The molecule has 0 saturated carbocycles. The molecule has 2 nitrogen and oxygen atoms in total. The normalized spacial score (nSPS) is 9.85. The number of para-hydroxylation sites is 1. The van der Waals surface area contributed by atoms with Crippen LogP contribution in [0.3, 0.4) is 0 Å². The van der Waals surface area contributed by atoms with Crippen molar-refractivity contribution < 1.29 is 5.11 Å². The molecule has 63 valence electrons. The first-order valence-corrected chi connectivity index (χ1v) is 3.99. The zero-order valence-corrected chi connectivity index (χ0v) is 6.94. The van der Waals surface area contributed by atoms with Crippen LogP contribution in [0.25, 0.3) is 11.1 Å². The number of hydrogen-bond acceptors (Lipinski definition) is 2. The molecule has 0 spiro atoms. The van der Waals surface area contributed by atoms with Crippen molar-refractivity contribution in [3.8, 4) is 16.9 Å². The minimum absolute atomic E-state index is 0.256. The number of aromatic hydroxyl groups is 1.